The average molecular weight is 485 g/mol. The molecule has 0 aromatic heterocycles. The highest BCUT2D eigenvalue weighted by Gasteiger charge is 1.96. The summed E-state index contributed by atoms with van der Waals surface area (Å²) in [5.41, 5.74) is 0. The molecular formula is C32H68O2. The number of hydrogen-bond donors (Lipinski definition) is 0. The van der Waals surface area contributed by atoms with Gasteiger partial charge in [-0.05, 0) is 12.8 Å². The van der Waals surface area contributed by atoms with E-state index >= 15 is 0 Å². The first-order valence-electron chi connectivity index (χ1n) is 16.0. The molecular weight excluding hydrogens is 416 g/mol. The minimum absolute atomic E-state index is 0. The molecule has 2 nitrogen and oxygen atoms in total. The molecule has 0 aromatic rings. The molecule has 0 aromatic carbocycles. The molecule has 0 rings (SSSR count). The van der Waals surface area contributed by atoms with Gasteiger partial charge in [-0.2, -0.15) is 0 Å². The van der Waals surface area contributed by atoms with Crippen LogP contribution in [0.25, 0.3) is 0 Å². The summed E-state index contributed by atoms with van der Waals surface area (Å²) in [7, 11) is 0. The third-order valence-electron chi connectivity index (χ3n) is 7.28. The lowest BCUT2D eigenvalue weighted by Gasteiger charge is -2.05. The fraction of sp³-hybridized carbons (Fsp3) is 1.00. The number of hydrogen-bond acceptors (Lipinski definition) is 1. The molecule has 0 amide bonds. The van der Waals surface area contributed by atoms with Crippen LogP contribution in [-0.4, -0.2) is 18.7 Å². The van der Waals surface area contributed by atoms with Crippen LogP contribution in [0.3, 0.4) is 0 Å². The summed E-state index contributed by atoms with van der Waals surface area (Å²) in [6.45, 7) is 6.59. The van der Waals surface area contributed by atoms with E-state index in [1.807, 2.05) is 0 Å². The van der Waals surface area contributed by atoms with Crippen LogP contribution in [0, 0.1) is 0 Å². The van der Waals surface area contributed by atoms with Crippen molar-refractivity contribution in [3.8, 4) is 0 Å². The van der Waals surface area contributed by atoms with Gasteiger partial charge in [-0.15, -0.1) is 0 Å². The Morgan fingerprint density at radius 1 is 0.265 bits per heavy atom. The van der Waals surface area contributed by atoms with Crippen LogP contribution in [0.4, 0.5) is 0 Å². The van der Waals surface area contributed by atoms with Gasteiger partial charge in [0.25, 0.3) is 0 Å². The maximum Gasteiger partial charge on any atom is 0.0466 e. The van der Waals surface area contributed by atoms with Crippen molar-refractivity contribution >= 4 is 0 Å². The Kier molecular flexibility index (Phi) is 37.2. The summed E-state index contributed by atoms with van der Waals surface area (Å²) in [6.07, 6.45) is 40.1. The minimum atomic E-state index is 0. The second kappa shape index (κ2) is 35.1. The highest BCUT2D eigenvalue weighted by Crippen LogP contribution is 2.14. The molecule has 208 valence electrons. The van der Waals surface area contributed by atoms with E-state index in [1.54, 1.807) is 0 Å². The van der Waals surface area contributed by atoms with Gasteiger partial charge in [0.15, 0.2) is 0 Å². The van der Waals surface area contributed by atoms with E-state index in [0.717, 1.165) is 13.2 Å². The second-order valence-corrected chi connectivity index (χ2v) is 10.8. The molecule has 34 heavy (non-hydrogen) atoms. The average Bonchev–Trinajstić information content (AvgIpc) is 2.83. The Hall–Kier alpha value is -0.0800. The summed E-state index contributed by atoms with van der Waals surface area (Å²) < 4.78 is 5.85. The summed E-state index contributed by atoms with van der Waals surface area (Å²) in [4.78, 5) is 0. The van der Waals surface area contributed by atoms with Crippen LogP contribution < -0.4 is 0 Å². The van der Waals surface area contributed by atoms with E-state index in [4.69, 9.17) is 4.74 Å². The highest BCUT2D eigenvalue weighted by molar-refractivity contribution is 4.51. The molecule has 2 heteroatoms. The van der Waals surface area contributed by atoms with Crippen molar-refractivity contribution in [2.45, 2.75) is 194 Å². The molecule has 0 aliphatic heterocycles. The molecule has 0 heterocycles. The van der Waals surface area contributed by atoms with Crippen LogP contribution in [0.5, 0.6) is 0 Å². The van der Waals surface area contributed by atoms with E-state index in [2.05, 4.69) is 13.8 Å². The predicted molar refractivity (Wildman–Crippen MR) is 155 cm³/mol. The van der Waals surface area contributed by atoms with Gasteiger partial charge in [0.05, 0.1) is 0 Å². The molecule has 0 saturated heterocycles. The Balaban J connectivity index is 0. The fourth-order valence-electron chi connectivity index (χ4n) is 4.90. The van der Waals surface area contributed by atoms with Crippen molar-refractivity contribution in [1.29, 1.82) is 0 Å². The quantitative estimate of drug-likeness (QED) is 0.0934. The molecule has 0 bridgehead atoms. The van der Waals surface area contributed by atoms with E-state index in [0.29, 0.717) is 0 Å². The third-order valence-corrected chi connectivity index (χ3v) is 7.28. The summed E-state index contributed by atoms with van der Waals surface area (Å²) >= 11 is 0. The van der Waals surface area contributed by atoms with Gasteiger partial charge in [0.1, 0.15) is 0 Å². The molecule has 0 fully saturated rings. The Bertz CT molecular complexity index is 288. The minimum Gasteiger partial charge on any atom is -0.412 e. The lowest BCUT2D eigenvalue weighted by molar-refractivity contribution is 0.125. The molecule has 0 aliphatic carbocycles. The SMILES string of the molecule is CCCCCCCCCCCCCCCCOCCCCCCCCCCCCCCCC.O. The molecule has 2 N–H and O–H groups in total. The standard InChI is InChI=1S/C32H66O.H2O/c1-3-5-7-9-11-13-15-17-19-21-23-25-27-29-31-33-32-30-28-26-24-22-20-18-16-14-12-10-8-6-4-2;/h3-32H2,1-2H3;1H2. The van der Waals surface area contributed by atoms with Crippen molar-refractivity contribution in [2.24, 2.45) is 0 Å². The van der Waals surface area contributed by atoms with Crippen molar-refractivity contribution < 1.29 is 10.2 Å². The van der Waals surface area contributed by atoms with E-state index in [-0.39, 0.29) is 5.48 Å². The zero-order valence-electron chi connectivity index (χ0n) is 24.1. The van der Waals surface area contributed by atoms with Crippen molar-refractivity contribution in [3.05, 3.63) is 0 Å². The maximum atomic E-state index is 5.85. The first-order chi connectivity index (χ1) is 16.4. The van der Waals surface area contributed by atoms with Gasteiger partial charge >= 0.3 is 0 Å². The van der Waals surface area contributed by atoms with Crippen LogP contribution >= 0.6 is 0 Å². The van der Waals surface area contributed by atoms with Crippen molar-refractivity contribution in [2.75, 3.05) is 13.2 Å². The smallest absolute Gasteiger partial charge is 0.0466 e. The largest absolute Gasteiger partial charge is 0.412 e. The normalized spacial score (nSPS) is 11.1. The van der Waals surface area contributed by atoms with Crippen molar-refractivity contribution in [1.82, 2.24) is 0 Å². The number of ether oxygens (including phenoxy) is 1. The van der Waals surface area contributed by atoms with E-state index in [9.17, 15) is 0 Å². The van der Waals surface area contributed by atoms with Gasteiger partial charge in [-0.25, -0.2) is 0 Å². The van der Waals surface area contributed by atoms with Crippen LogP contribution in [0.15, 0.2) is 0 Å². The first-order valence-corrected chi connectivity index (χ1v) is 16.0. The Morgan fingerprint density at radius 2 is 0.441 bits per heavy atom. The van der Waals surface area contributed by atoms with Gasteiger partial charge in [0.2, 0.25) is 0 Å². The summed E-state index contributed by atoms with van der Waals surface area (Å²) in [5, 5.41) is 0. The van der Waals surface area contributed by atoms with Gasteiger partial charge < -0.3 is 10.2 Å². The Morgan fingerprint density at radius 3 is 0.647 bits per heavy atom. The van der Waals surface area contributed by atoms with Crippen LogP contribution in [0.2, 0.25) is 0 Å². The first kappa shape index (κ1) is 36.1. The fourth-order valence-corrected chi connectivity index (χ4v) is 4.90. The van der Waals surface area contributed by atoms with Gasteiger partial charge in [-0.3, -0.25) is 0 Å². The van der Waals surface area contributed by atoms with Gasteiger partial charge in [-0.1, -0.05) is 181 Å². The number of unbranched alkanes of at least 4 members (excludes halogenated alkanes) is 26. The van der Waals surface area contributed by atoms with Crippen LogP contribution in [0.1, 0.15) is 194 Å². The molecule has 0 aliphatic rings. The zero-order valence-corrected chi connectivity index (χ0v) is 24.1. The van der Waals surface area contributed by atoms with Crippen molar-refractivity contribution in [3.63, 3.8) is 0 Å². The summed E-state index contributed by atoms with van der Waals surface area (Å²) in [6, 6.07) is 0. The lowest BCUT2D eigenvalue weighted by Crippen LogP contribution is -1.97. The predicted octanol–water partition coefficient (Wildman–Crippen LogP) is 11.1. The van der Waals surface area contributed by atoms with Gasteiger partial charge in [0, 0.05) is 13.2 Å². The topological polar surface area (TPSA) is 40.7 Å². The van der Waals surface area contributed by atoms with E-state index in [1.165, 1.54) is 180 Å². The molecule has 0 radical (unpaired) electrons. The molecule has 0 atom stereocenters. The number of rotatable bonds is 30. The lowest BCUT2D eigenvalue weighted by atomic mass is 10.0. The zero-order chi connectivity index (χ0) is 23.9. The second-order valence-electron chi connectivity index (χ2n) is 10.8. The Labute approximate surface area is 217 Å². The summed E-state index contributed by atoms with van der Waals surface area (Å²) in [5.74, 6) is 0. The monoisotopic (exact) mass is 485 g/mol. The van der Waals surface area contributed by atoms with E-state index < -0.39 is 0 Å². The third kappa shape index (κ3) is 34.1. The highest BCUT2D eigenvalue weighted by atomic mass is 16.5. The molecule has 0 unspecified atom stereocenters. The van der Waals surface area contributed by atoms with Crippen LogP contribution in [-0.2, 0) is 4.74 Å². The molecule has 0 saturated carbocycles. The maximum absolute atomic E-state index is 5.85. The molecule has 0 spiro atoms.